The quantitative estimate of drug-likeness (QED) is 0.520. The van der Waals surface area contributed by atoms with Crippen molar-refractivity contribution in [3.63, 3.8) is 0 Å². The van der Waals surface area contributed by atoms with Crippen LogP contribution in [0, 0.1) is 18.3 Å². The molecule has 1 aliphatic rings. The molecule has 27 heavy (non-hydrogen) atoms. The largest absolute Gasteiger partial charge is 0.346 e. The molecule has 0 unspecified atom stereocenters. The van der Waals surface area contributed by atoms with Crippen LogP contribution >= 0.6 is 11.3 Å². The Labute approximate surface area is 158 Å². The monoisotopic (exact) mass is 379 g/mol. The van der Waals surface area contributed by atoms with Gasteiger partial charge in [0.1, 0.15) is 5.52 Å². The van der Waals surface area contributed by atoms with Gasteiger partial charge in [0.15, 0.2) is 16.4 Å². The molecule has 1 saturated heterocycles. The van der Waals surface area contributed by atoms with E-state index in [0.29, 0.717) is 23.8 Å². The second kappa shape index (κ2) is 5.96. The van der Waals surface area contributed by atoms with E-state index >= 15 is 0 Å². The summed E-state index contributed by atoms with van der Waals surface area (Å²) in [5.41, 5.74) is 1.83. The van der Waals surface area contributed by atoms with Gasteiger partial charge in [-0.3, -0.25) is 9.55 Å². The van der Waals surface area contributed by atoms with Crippen LogP contribution in [-0.4, -0.2) is 42.8 Å². The number of thiazole rings is 1. The molecule has 0 saturated carbocycles. The maximum absolute atomic E-state index is 12.8. The van der Waals surface area contributed by atoms with Crippen molar-refractivity contribution >= 4 is 38.7 Å². The fraction of sp³-hybridized carbons (Fsp3) is 0.333. The number of terminal acetylenes is 1. The number of H-pyrrole nitrogens is 2. The Balaban J connectivity index is 1.62. The van der Waals surface area contributed by atoms with Crippen molar-refractivity contribution in [2.75, 3.05) is 18.0 Å². The Bertz CT molecular complexity index is 1240. The molecule has 2 atom stereocenters. The van der Waals surface area contributed by atoms with E-state index in [1.54, 1.807) is 6.20 Å². The normalized spacial score (nSPS) is 20.4. The van der Waals surface area contributed by atoms with Crippen molar-refractivity contribution in [2.24, 2.45) is 5.92 Å². The number of hydrogen-bond acceptors (Lipinski definition) is 6. The highest BCUT2D eigenvalue weighted by molar-refractivity contribution is 7.16. The van der Waals surface area contributed by atoms with E-state index in [1.807, 2.05) is 16.8 Å². The summed E-state index contributed by atoms with van der Waals surface area (Å²) in [6.07, 6.45) is 9.98. The second-order valence-corrected chi connectivity index (χ2v) is 7.88. The molecule has 136 valence electrons. The van der Waals surface area contributed by atoms with Gasteiger partial charge in [-0.25, -0.2) is 9.78 Å². The molecule has 0 spiro atoms. The maximum atomic E-state index is 12.8. The lowest BCUT2D eigenvalue weighted by atomic mass is 9.93. The minimum atomic E-state index is -0.157. The van der Waals surface area contributed by atoms with E-state index in [2.05, 4.69) is 42.9 Å². The van der Waals surface area contributed by atoms with Crippen molar-refractivity contribution < 1.29 is 0 Å². The van der Waals surface area contributed by atoms with Gasteiger partial charge in [-0.05, 0) is 18.4 Å². The average Bonchev–Trinajstić information content (AvgIpc) is 3.39. The van der Waals surface area contributed by atoms with Crippen molar-refractivity contribution in [2.45, 2.75) is 19.4 Å². The molecule has 0 amide bonds. The number of imidazole rings is 1. The molecule has 9 heteroatoms. The molecule has 4 aromatic rings. The van der Waals surface area contributed by atoms with Crippen LogP contribution in [0.3, 0.4) is 0 Å². The number of rotatable bonds is 2. The third-order valence-corrected chi connectivity index (χ3v) is 6.29. The van der Waals surface area contributed by atoms with Gasteiger partial charge in [0.05, 0.1) is 17.1 Å². The lowest BCUT2D eigenvalue weighted by molar-refractivity contribution is 0.300. The van der Waals surface area contributed by atoms with Crippen LogP contribution in [-0.2, 0) is 0 Å². The number of hydrogen-bond donors (Lipinski definition) is 2. The van der Waals surface area contributed by atoms with E-state index in [4.69, 9.17) is 6.42 Å². The number of piperidine rings is 1. The molecule has 4 aromatic heterocycles. The van der Waals surface area contributed by atoms with Gasteiger partial charge in [0, 0.05) is 24.7 Å². The Morgan fingerprint density at radius 2 is 2.22 bits per heavy atom. The van der Waals surface area contributed by atoms with Gasteiger partial charge in [-0.2, -0.15) is 0 Å². The lowest BCUT2D eigenvalue weighted by Gasteiger charge is -2.37. The molecule has 5 heterocycles. The average molecular weight is 379 g/mol. The van der Waals surface area contributed by atoms with E-state index in [-0.39, 0.29) is 11.7 Å². The minimum Gasteiger partial charge on any atom is -0.346 e. The summed E-state index contributed by atoms with van der Waals surface area (Å²) in [5, 5.41) is 10.1. The molecular weight excluding hydrogens is 362 g/mol. The lowest BCUT2D eigenvalue weighted by Crippen LogP contribution is -2.43. The summed E-state index contributed by atoms with van der Waals surface area (Å²) in [6.45, 7) is 3.77. The summed E-state index contributed by atoms with van der Waals surface area (Å²) < 4.78 is 1.84. The Morgan fingerprint density at radius 3 is 3.04 bits per heavy atom. The molecule has 0 aromatic carbocycles. The number of nitrogens with one attached hydrogen (secondary N) is 2. The standard InChI is InChI=1S/C18H17N7OS/c1-3-11-8-20-18(27-11)24-7-5-10(2)13(9-24)25-14-12-4-6-19-15(12)22-23-16(14)21-17(25)26/h1,4,6,8,10,13H,5,7,9H2,2H3,(H,19,22)(H,21,23,26)/t10-,13+/m1/s1. The molecule has 0 aliphatic carbocycles. The highest BCUT2D eigenvalue weighted by atomic mass is 32.1. The van der Waals surface area contributed by atoms with E-state index in [0.717, 1.165) is 33.9 Å². The highest BCUT2D eigenvalue weighted by Gasteiger charge is 2.32. The van der Waals surface area contributed by atoms with Gasteiger partial charge < -0.3 is 9.88 Å². The summed E-state index contributed by atoms with van der Waals surface area (Å²) in [6, 6.07) is 1.93. The van der Waals surface area contributed by atoms with Crippen LogP contribution in [0.5, 0.6) is 0 Å². The molecule has 8 nitrogen and oxygen atoms in total. The molecular formula is C18H17N7OS. The maximum Gasteiger partial charge on any atom is 0.328 e. The number of aromatic nitrogens is 6. The SMILES string of the molecule is C#Cc1cnc(N2CC[C@@H](C)[C@@H](n3c(=O)[nH]c4nnc5[nH]ccc5c43)C2)s1. The summed E-state index contributed by atoms with van der Waals surface area (Å²) >= 11 is 1.51. The molecule has 1 aliphatic heterocycles. The molecule has 5 rings (SSSR count). The predicted octanol–water partition coefficient (Wildman–Crippen LogP) is 2.13. The van der Waals surface area contributed by atoms with Gasteiger partial charge >= 0.3 is 5.69 Å². The Hall–Kier alpha value is -3.12. The Kier molecular flexibility index (Phi) is 3.55. The van der Waals surface area contributed by atoms with Crippen LogP contribution in [0.4, 0.5) is 5.13 Å². The van der Waals surface area contributed by atoms with Crippen molar-refractivity contribution in [1.29, 1.82) is 0 Å². The predicted molar refractivity (Wildman–Crippen MR) is 105 cm³/mol. The van der Waals surface area contributed by atoms with E-state index in [9.17, 15) is 4.79 Å². The Morgan fingerprint density at radius 1 is 1.37 bits per heavy atom. The zero-order valence-electron chi connectivity index (χ0n) is 14.6. The van der Waals surface area contributed by atoms with Gasteiger partial charge in [-0.15, -0.1) is 16.6 Å². The molecule has 0 bridgehead atoms. The minimum absolute atomic E-state index is 0.000450. The second-order valence-electron chi connectivity index (χ2n) is 6.87. The number of anilines is 1. The van der Waals surface area contributed by atoms with Crippen molar-refractivity contribution in [1.82, 2.24) is 29.7 Å². The summed E-state index contributed by atoms with van der Waals surface area (Å²) in [7, 11) is 0. The first-order valence-corrected chi connectivity index (χ1v) is 9.58. The zero-order chi connectivity index (χ0) is 18.5. The first kappa shape index (κ1) is 16.1. The van der Waals surface area contributed by atoms with E-state index in [1.165, 1.54) is 11.3 Å². The first-order valence-electron chi connectivity index (χ1n) is 8.77. The van der Waals surface area contributed by atoms with Crippen LogP contribution in [0.1, 0.15) is 24.3 Å². The van der Waals surface area contributed by atoms with Crippen molar-refractivity contribution in [3.05, 3.63) is 33.8 Å². The summed E-state index contributed by atoms with van der Waals surface area (Å²) in [5.74, 6) is 2.97. The fourth-order valence-electron chi connectivity index (χ4n) is 3.85. The van der Waals surface area contributed by atoms with Gasteiger partial charge in [0.25, 0.3) is 0 Å². The highest BCUT2D eigenvalue weighted by Crippen LogP contribution is 2.34. The van der Waals surface area contributed by atoms with Crippen LogP contribution in [0.15, 0.2) is 23.3 Å². The molecule has 0 radical (unpaired) electrons. The summed E-state index contributed by atoms with van der Waals surface area (Å²) in [4.78, 5) is 26.2. The molecule has 2 N–H and O–H groups in total. The zero-order valence-corrected chi connectivity index (χ0v) is 15.5. The fourth-order valence-corrected chi connectivity index (χ4v) is 4.61. The first-order chi connectivity index (χ1) is 13.2. The number of fused-ring (bicyclic) bond motifs is 3. The third kappa shape index (κ3) is 2.44. The number of aromatic amines is 2. The van der Waals surface area contributed by atoms with Crippen LogP contribution < -0.4 is 10.6 Å². The van der Waals surface area contributed by atoms with Crippen LogP contribution in [0.25, 0.3) is 22.2 Å². The smallest absolute Gasteiger partial charge is 0.328 e. The van der Waals surface area contributed by atoms with Crippen LogP contribution in [0.2, 0.25) is 0 Å². The topological polar surface area (TPSA) is 95.5 Å². The van der Waals surface area contributed by atoms with Crippen molar-refractivity contribution in [3.8, 4) is 12.3 Å². The van der Waals surface area contributed by atoms with Gasteiger partial charge in [-0.1, -0.05) is 24.2 Å². The molecule has 1 fully saturated rings. The third-order valence-electron chi connectivity index (χ3n) is 5.30. The van der Waals surface area contributed by atoms with E-state index < -0.39 is 0 Å². The number of nitrogens with zero attached hydrogens (tertiary/aromatic N) is 5. The van der Waals surface area contributed by atoms with Gasteiger partial charge in [0.2, 0.25) is 0 Å².